The van der Waals surface area contributed by atoms with Gasteiger partial charge < -0.3 is 14.2 Å². The quantitative estimate of drug-likeness (QED) is 0.753. The van der Waals surface area contributed by atoms with Crippen LogP contribution in [0, 0.1) is 13.8 Å². The topological polar surface area (TPSA) is 51.5 Å². The molecule has 1 aliphatic rings. The molecule has 5 heteroatoms. The molecule has 0 aliphatic carbocycles. The Morgan fingerprint density at radius 3 is 2.67 bits per heavy atom. The number of carbonyl (C=O) groups is 2. The number of likely N-dealkylation sites (tertiary alicyclic amines) is 1. The lowest BCUT2D eigenvalue weighted by atomic mass is 9.99. The Morgan fingerprint density at radius 2 is 1.96 bits per heavy atom. The fourth-order valence-electron chi connectivity index (χ4n) is 3.64. The molecular formula is C22H28N2O3. The Bertz CT molecular complexity index is 825. The Kier molecular flexibility index (Phi) is 5.99. The van der Waals surface area contributed by atoms with E-state index in [-0.39, 0.29) is 17.9 Å². The largest absolute Gasteiger partial charge is 0.462 e. The van der Waals surface area contributed by atoms with Crippen LogP contribution in [0.3, 0.4) is 0 Å². The van der Waals surface area contributed by atoms with Gasteiger partial charge in [0.05, 0.1) is 12.2 Å². The van der Waals surface area contributed by atoms with Crippen LogP contribution in [0.1, 0.15) is 57.7 Å². The third-order valence-electron chi connectivity index (χ3n) is 5.48. The molecule has 0 saturated carbocycles. The molecule has 1 aromatic carbocycles. The van der Waals surface area contributed by atoms with Crippen LogP contribution in [0.15, 0.2) is 36.5 Å². The van der Waals surface area contributed by atoms with Gasteiger partial charge in [-0.2, -0.15) is 0 Å². The Labute approximate surface area is 160 Å². The predicted molar refractivity (Wildman–Crippen MR) is 105 cm³/mol. The van der Waals surface area contributed by atoms with Crippen molar-refractivity contribution >= 4 is 11.9 Å². The summed E-state index contributed by atoms with van der Waals surface area (Å²) in [5.74, 6) is -0.234. The third-order valence-corrected chi connectivity index (χ3v) is 5.48. The zero-order valence-corrected chi connectivity index (χ0v) is 16.4. The summed E-state index contributed by atoms with van der Waals surface area (Å²) in [6, 6.07) is 9.47. The molecule has 1 saturated heterocycles. The summed E-state index contributed by atoms with van der Waals surface area (Å²) in [7, 11) is 1.89. The minimum atomic E-state index is -0.297. The van der Waals surface area contributed by atoms with E-state index in [4.69, 9.17) is 4.74 Å². The molecule has 5 nitrogen and oxygen atoms in total. The predicted octanol–water partition coefficient (Wildman–Crippen LogP) is 3.88. The monoisotopic (exact) mass is 368 g/mol. The molecule has 2 aromatic rings. The summed E-state index contributed by atoms with van der Waals surface area (Å²) in [6.07, 6.45) is 5.64. The van der Waals surface area contributed by atoms with Gasteiger partial charge in [-0.1, -0.05) is 6.07 Å². The number of aryl methyl sites for hydroxylation is 3. The standard InChI is InChI=1S/C22H28N2O3/c1-16-9-10-18(15-17(16)2)22(26)27-14-11-19-7-4-5-13-24(19)21(25)20-8-6-12-23(20)3/h6,8-10,12,15,19H,4-5,7,11,13-14H2,1-3H3. The van der Waals surface area contributed by atoms with E-state index in [9.17, 15) is 9.59 Å². The number of hydrogen-bond donors (Lipinski definition) is 0. The van der Waals surface area contributed by atoms with E-state index < -0.39 is 0 Å². The number of piperidine rings is 1. The lowest BCUT2D eigenvalue weighted by Gasteiger charge is -2.35. The molecule has 0 radical (unpaired) electrons. The maximum Gasteiger partial charge on any atom is 0.338 e. The van der Waals surface area contributed by atoms with E-state index in [0.717, 1.165) is 36.9 Å². The number of nitrogens with zero attached hydrogens (tertiary/aromatic N) is 2. The summed E-state index contributed by atoms with van der Waals surface area (Å²) in [4.78, 5) is 27.1. The van der Waals surface area contributed by atoms with Gasteiger partial charge in [0, 0.05) is 32.3 Å². The van der Waals surface area contributed by atoms with Crippen LogP contribution >= 0.6 is 0 Å². The van der Waals surface area contributed by atoms with Crippen LogP contribution in [-0.2, 0) is 11.8 Å². The van der Waals surface area contributed by atoms with Gasteiger partial charge in [-0.25, -0.2) is 4.79 Å². The highest BCUT2D eigenvalue weighted by atomic mass is 16.5. The molecular weight excluding hydrogens is 340 g/mol. The molecule has 0 spiro atoms. The minimum absolute atomic E-state index is 0.0627. The SMILES string of the molecule is Cc1ccc(C(=O)OCCC2CCCCN2C(=O)c2cccn2C)cc1C. The first-order valence-electron chi connectivity index (χ1n) is 9.64. The summed E-state index contributed by atoms with van der Waals surface area (Å²) in [6.45, 7) is 5.10. The molecule has 1 unspecified atom stereocenters. The van der Waals surface area contributed by atoms with E-state index in [2.05, 4.69) is 0 Å². The highest BCUT2D eigenvalue weighted by molar-refractivity contribution is 5.93. The van der Waals surface area contributed by atoms with Crippen molar-refractivity contribution in [3.63, 3.8) is 0 Å². The second-order valence-corrected chi connectivity index (χ2v) is 7.38. The summed E-state index contributed by atoms with van der Waals surface area (Å²) >= 11 is 0. The molecule has 144 valence electrons. The Morgan fingerprint density at radius 1 is 1.15 bits per heavy atom. The van der Waals surface area contributed by atoms with Gasteiger partial charge in [0.25, 0.3) is 5.91 Å². The first-order valence-corrected chi connectivity index (χ1v) is 9.64. The van der Waals surface area contributed by atoms with Gasteiger partial charge in [0.15, 0.2) is 0 Å². The van der Waals surface area contributed by atoms with E-state index in [1.807, 2.05) is 60.8 Å². The average molecular weight is 368 g/mol. The number of hydrogen-bond acceptors (Lipinski definition) is 3. The van der Waals surface area contributed by atoms with Gasteiger partial charge in [-0.3, -0.25) is 4.79 Å². The molecule has 1 atom stereocenters. The minimum Gasteiger partial charge on any atom is -0.462 e. The summed E-state index contributed by atoms with van der Waals surface area (Å²) in [5, 5.41) is 0. The molecule has 3 rings (SSSR count). The van der Waals surface area contributed by atoms with Crippen molar-refractivity contribution in [1.29, 1.82) is 0 Å². The molecule has 0 N–H and O–H groups in total. The number of rotatable bonds is 5. The second-order valence-electron chi connectivity index (χ2n) is 7.38. The zero-order valence-electron chi connectivity index (χ0n) is 16.4. The molecule has 1 aromatic heterocycles. The Balaban J connectivity index is 1.58. The first kappa shape index (κ1) is 19.2. The molecule has 1 fully saturated rings. The molecule has 0 bridgehead atoms. The normalized spacial score (nSPS) is 17.0. The van der Waals surface area contributed by atoms with E-state index in [0.29, 0.717) is 24.3 Å². The number of ether oxygens (including phenoxy) is 1. The molecule has 1 aliphatic heterocycles. The van der Waals surface area contributed by atoms with Gasteiger partial charge in [-0.05, 0) is 68.5 Å². The number of esters is 1. The van der Waals surface area contributed by atoms with Crippen LogP contribution in [0.25, 0.3) is 0 Å². The van der Waals surface area contributed by atoms with Crippen molar-refractivity contribution in [3.8, 4) is 0 Å². The molecule has 1 amide bonds. The number of amides is 1. The van der Waals surface area contributed by atoms with Crippen molar-refractivity contribution in [2.24, 2.45) is 7.05 Å². The van der Waals surface area contributed by atoms with Crippen molar-refractivity contribution in [2.75, 3.05) is 13.2 Å². The lowest BCUT2D eigenvalue weighted by molar-refractivity contribution is 0.0406. The highest BCUT2D eigenvalue weighted by Crippen LogP contribution is 2.22. The van der Waals surface area contributed by atoms with Gasteiger partial charge in [-0.15, -0.1) is 0 Å². The number of aromatic nitrogens is 1. The van der Waals surface area contributed by atoms with Crippen molar-refractivity contribution in [1.82, 2.24) is 9.47 Å². The van der Waals surface area contributed by atoms with Crippen molar-refractivity contribution in [2.45, 2.75) is 45.6 Å². The van der Waals surface area contributed by atoms with Crippen LogP contribution in [0.4, 0.5) is 0 Å². The van der Waals surface area contributed by atoms with E-state index in [1.165, 1.54) is 0 Å². The highest BCUT2D eigenvalue weighted by Gasteiger charge is 2.28. The smallest absolute Gasteiger partial charge is 0.338 e. The van der Waals surface area contributed by atoms with Crippen LogP contribution in [-0.4, -0.2) is 40.5 Å². The second kappa shape index (κ2) is 8.42. The van der Waals surface area contributed by atoms with Crippen LogP contribution in [0.2, 0.25) is 0 Å². The third kappa shape index (κ3) is 4.41. The van der Waals surface area contributed by atoms with E-state index >= 15 is 0 Å². The zero-order chi connectivity index (χ0) is 19.4. The van der Waals surface area contributed by atoms with E-state index in [1.54, 1.807) is 6.07 Å². The van der Waals surface area contributed by atoms with Crippen molar-refractivity contribution in [3.05, 3.63) is 58.9 Å². The fourth-order valence-corrected chi connectivity index (χ4v) is 3.64. The van der Waals surface area contributed by atoms with Crippen molar-refractivity contribution < 1.29 is 14.3 Å². The van der Waals surface area contributed by atoms with Crippen LogP contribution in [0.5, 0.6) is 0 Å². The first-order chi connectivity index (χ1) is 13.0. The number of benzene rings is 1. The average Bonchev–Trinajstić information content (AvgIpc) is 3.09. The molecule has 27 heavy (non-hydrogen) atoms. The lowest BCUT2D eigenvalue weighted by Crippen LogP contribution is -2.44. The van der Waals surface area contributed by atoms with Gasteiger partial charge in [0.1, 0.15) is 5.69 Å². The van der Waals surface area contributed by atoms with Gasteiger partial charge in [0.2, 0.25) is 0 Å². The van der Waals surface area contributed by atoms with Crippen LogP contribution < -0.4 is 0 Å². The fraction of sp³-hybridized carbons (Fsp3) is 0.455. The Hall–Kier alpha value is -2.56. The summed E-state index contributed by atoms with van der Waals surface area (Å²) < 4.78 is 7.34. The maximum atomic E-state index is 12.9. The number of carbonyl (C=O) groups excluding carboxylic acids is 2. The van der Waals surface area contributed by atoms with Gasteiger partial charge >= 0.3 is 5.97 Å². The maximum absolute atomic E-state index is 12.9. The molecule has 2 heterocycles. The summed E-state index contributed by atoms with van der Waals surface area (Å²) in [5.41, 5.74) is 3.52.